The van der Waals surface area contributed by atoms with E-state index in [4.69, 9.17) is 15.0 Å². The molecule has 0 bridgehead atoms. The molecule has 6 rings (SSSR count). The van der Waals surface area contributed by atoms with Crippen LogP contribution in [0.2, 0.25) is 0 Å². The molecule has 1 saturated carbocycles. The fourth-order valence-corrected chi connectivity index (χ4v) is 5.41. The Morgan fingerprint density at radius 3 is 2.30 bits per heavy atom. The predicted molar refractivity (Wildman–Crippen MR) is 135 cm³/mol. The molecule has 6 nitrogen and oxygen atoms in total. The van der Waals surface area contributed by atoms with Crippen LogP contribution in [0.1, 0.15) is 50.9 Å². The lowest BCUT2D eigenvalue weighted by atomic mass is 9.95. The van der Waals surface area contributed by atoms with Gasteiger partial charge in [-0.2, -0.15) is 0 Å². The number of hydrogen-bond donors (Lipinski definition) is 0. The van der Waals surface area contributed by atoms with Crippen molar-refractivity contribution >= 4 is 49.2 Å². The van der Waals surface area contributed by atoms with E-state index < -0.39 is 0 Å². The molecular formula is C26H24BrN5O. The first kappa shape index (κ1) is 20.5. The van der Waals surface area contributed by atoms with Gasteiger partial charge in [-0.25, -0.2) is 15.0 Å². The molecule has 0 saturated heterocycles. The van der Waals surface area contributed by atoms with E-state index in [1.165, 1.54) is 6.42 Å². The molecule has 166 valence electrons. The molecule has 0 radical (unpaired) electrons. The van der Waals surface area contributed by atoms with Gasteiger partial charge in [0.2, 0.25) is 0 Å². The summed E-state index contributed by atoms with van der Waals surface area (Å²) in [5.41, 5.74) is 4.42. The fraction of sp³-hybridized carbons (Fsp3) is 0.308. The van der Waals surface area contributed by atoms with Crippen molar-refractivity contribution < 1.29 is 0 Å². The molecule has 0 unspecified atom stereocenters. The van der Waals surface area contributed by atoms with Gasteiger partial charge in [-0.1, -0.05) is 54.2 Å². The molecule has 33 heavy (non-hydrogen) atoms. The highest BCUT2D eigenvalue weighted by Crippen LogP contribution is 2.32. The lowest BCUT2D eigenvalue weighted by Crippen LogP contribution is -2.30. The van der Waals surface area contributed by atoms with E-state index in [1.807, 2.05) is 57.7 Å². The van der Waals surface area contributed by atoms with Gasteiger partial charge in [-0.3, -0.25) is 13.9 Å². The number of nitrogens with zero attached hydrogens (tertiary/aromatic N) is 5. The molecule has 1 fully saturated rings. The largest absolute Gasteiger partial charge is 0.293 e. The number of aromatic nitrogens is 5. The van der Waals surface area contributed by atoms with Gasteiger partial charge in [0.15, 0.2) is 11.3 Å². The molecule has 0 N–H and O–H groups in total. The van der Waals surface area contributed by atoms with Crippen LogP contribution in [0.4, 0.5) is 0 Å². The van der Waals surface area contributed by atoms with Gasteiger partial charge in [0.1, 0.15) is 16.7 Å². The maximum Gasteiger partial charge on any atom is 0.265 e. The third-order valence-electron chi connectivity index (χ3n) is 6.72. The Balaban J connectivity index is 1.77. The monoisotopic (exact) mass is 501 g/mol. The molecule has 5 aromatic rings. The van der Waals surface area contributed by atoms with Gasteiger partial charge >= 0.3 is 0 Å². The summed E-state index contributed by atoms with van der Waals surface area (Å²) in [5, 5.41) is 0.564. The van der Waals surface area contributed by atoms with Crippen LogP contribution < -0.4 is 5.56 Å². The van der Waals surface area contributed by atoms with Crippen molar-refractivity contribution in [1.29, 1.82) is 0 Å². The zero-order chi connectivity index (χ0) is 22.5. The second-order valence-electron chi connectivity index (χ2n) is 8.74. The summed E-state index contributed by atoms with van der Waals surface area (Å²) < 4.78 is 4.94. The zero-order valence-electron chi connectivity index (χ0n) is 18.5. The summed E-state index contributed by atoms with van der Waals surface area (Å²) >= 11 is 3.52. The maximum absolute atomic E-state index is 14.1. The van der Waals surface area contributed by atoms with Crippen LogP contribution in [-0.4, -0.2) is 24.1 Å². The number of rotatable bonds is 3. The van der Waals surface area contributed by atoms with E-state index in [9.17, 15) is 4.79 Å². The van der Waals surface area contributed by atoms with Crippen molar-refractivity contribution in [2.75, 3.05) is 0 Å². The summed E-state index contributed by atoms with van der Waals surface area (Å²) in [4.78, 5) is 29.1. The van der Waals surface area contributed by atoms with Crippen molar-refractivity contribution in [1.82, 2.24) is 24.1 Å². The lowest BCUT2D eigenvalue weighted by molar-refractivity contribution is 0.337. The van der Waals surface area contributed by atoms with Crippen LogP contribution >= 0.6 is 15.9 Å². The topological polar surface area (TPSA) is 65.6 Å². The van der Waals surface area contributed by atoms with Gasteiger partial charge in [-0.15, -0.1) is 0 Å². The average Bonchev–Trinajstić information content (AvgIpc) is 3.16. The standard InChI is InChI=1S/C26H24BrN5O/c1-2-21-30-24-22(26(33)31(21)17-8-4-3-5-9-17)23-25(29-20-11-7-6-10-19(20)28-23)32(24)18-14-12-16(27)13-15-18/h6-7,10-15,17H,2-5,8-9H2,1H3. The van der Waals surface area contributed by atoms with Crippen molar-refractivity contribution in [2.24, 2.45) is 0 Å². The number of hydrogen-bond acceptors (Lipinski definition) is 4. The first-order valence-electron chi connectivity index (χ1n) is 11.6. The number of para-hydroxylation sites is 2. The molecule has 3 aromatic heterocycles. The van der Waals surface area contributed by atoms with Crippen LogP contribution in [0.3, 0.4) is 0 Å². The zero-order valence-corrected chi connectivity index (χ0v) is 20.0. The van der Waals surface area contributed by atoms with Crippen LogP contribution in [0.5, 0.6) is 0 Å². The van der Waals surface area contributed by atoms with Crippen LogP contribution in [0, 0.1) is 0 Å². The SMILES string of the molecule is CCc1nc2c(c(=O)n1C1CCCCC1)c1nc3ccccc3nc1n2-c1ccc(Br)cc1. The molecule has 1 aliphatic rings. The average molecular weight is 502 g/mol. The molecule has 0 atom stereocenters. The van der Waals surface area contributed by atoms with Gasteiger partial charge in [0.05, 0.1) is 11.0 Å². The molecule has 1 aliphatic carbocycles. The Morgan fingerprint density at radius 2 is 1.61 bits per heavy atom. The minimum absolute atomic E-state index is 0.00851. The van der Waals surface area contributed by atoms with Crippen LogP contribution in [0.25, 0.3) is 38.9 Å². The van der Waals surface area contributed by atoms with E-state index in [2.05, 4.69) is 22.9 Å². The maximum atomic E-state index is 14.1. The molecule has 2 aromatic carbocycles. The third-order valence-corrected chi connectivity index (χ3v) is 7.25. The molecule has 7 heteroatoms. The van der Waals surface area contributed by atoms with Gasteiger partial charge in [-0.05, 0) is 49.2 Å². The number of halogens is 1. The van der Waals surface area contributed by atoms with Gasteiger partial charge in [0, 0.05) is 22.6 Å². The first-order chi connectivity index (χ1) is 16.2. The Hall–Kier alpha value is -3.06. The molecular weight excluding hydrogens is 478 g/mol. The van der Waals surface area contributed by atoms with E-state index in [1.54, 1.807) is 0 Å². The number of fused-ring (bicyclic) bond motifs is 4. The normalized spacial score (nSPS) is 15.1. The van der Waals surface area contributed by atoms with Crippen LogP contribution in [0.15, 0.2) is 57.8 Å². The Kier molecular flexibility index (Phi) is 5.02. The fourth-order valence-electron chi connectivity index (χ4n) is 5.15. The summed E-state index contributed by atoms with van der Waals surface area (Å²) in [6.07, 6.45) is 6.31. The molecule has 0 aliphatic heterocycles. The Labute approximate surface area is 199 Å². The quantitative estimate of drug-likeness (QED) is 0.299. The van der Waals surface area contributed by atoms with E-state index in [-0.39, 0.29) is 11.6 Å². The van der Waals surface area contributed by atoms with Crippen LogP contribution in [-0.2, 0) is 6.42 Å². The summed E-state index contributed by atoms with van der Waals surface area (Å²) in [7, 11) is 0. The molecule has 0 spiro atoms. The second-order valence-corrected chi connectivity index (χ2v) is 9.66. The summed E-state index contributed by atoms with van der Waals surface area (Å²) in [5.74, 6) is 0.838. The summed E-state index contributed by atoms with van der Waals surface area (Å²) in [6.45, 7) is 2.07. The van der Waals surface area contributed by atoms with Gasteiger partial charge in [0.25, 0.3) is 5.56 Å². The van der Waals surface area contributed by atoms with Crippen molar-refractivity contribution in [2.45, 2.75) is 51.5 Å². The minimum Gasteiger partial charge on any atom is -0.293 e. The van der Waals surface area contributed by atoms with Crippen molar-refractivity contribution in [3.63, 3.8) is 0 Å². The van der Waals surface area contributed by atoms with E-state index in [0.717, 1.165) is 52.7 Å². The van der Waals surface area contributed by atoms with Crippen molar-refractivity contribution in [3.05, 3.63) is 69.2 Å². The van der Waals surface area contributed by atoms with E-state index in [0.29, 0.717) is 28.6 Å². The smallest absolute Gasteiger partial charge is 0.265 e. The van der Waals surface area contributed by atoms with Crippen molar-refractivity contribution in [3.8, 4) is 5.69 Å². The highest BCUT2D eigenvalue weighted by atomic mass is 79.9. The number of aryl methyl sites for hydroxylation is 1. The molecule has 0 amide bonds. The third kappa shape index (κ3) is 3.29. The summed E-state index contributed by atoms with van der Waals surface area (Å²) in [6, 6.07) is 16.0. The highest BCUT2D eigenvalue weighted by Gasteiger charge is 2.26. The highest BCUT2D eigenvalue weighted by molar-refractivity contribution is 9.10. The lowest BCUT2D eigenvalue weighted by Gasteiger charge is -2.26. The molecule has 3 heterocycles. The Morgan fingerprint density at radius 1 is 0.909 bits per heavy atom. The van der Waals surface area contributed by atoms with Gasteiger partial charge < -0.3 is 0 Å². The first-order valence-corrected chi connectivity index (χ1v) is 12.4. The Bertz CT molecular complexity index is 1560. The predicted octanol–water partition coefficient (Wildman–Crippen LogP) is 6.11. The van der Waals surface area contributed by atoms with E-state index >= 15 is 0 Å². The number of benzene rings is 2. The second kappa shape index (κ2) is 8.06. The minimum atomic E-state index is 0.00851.